The Balaban J connectivity index is 1.45. The number of benzene rings is 2. The molecule has 4 rings (SSSR count). The van der Waals surface area contributed by atoms with Crippen LogP contribution in [0.1, 0.15) is 34.8 Å². The van der Waals surface area contributed by atoms with Crippen molar-refractivity contribution >= 4 is 17.5 Å². The van der Waals surface area contributed by atoms with Gasteiger partial charge in [-0.3, -0.25) is 14.6 Å². The summed E-state index contributed by atoms with van der Waals surface area (Å²) >= 11 is 0. The molecule has 0 fully saturated rings. The minimum atomic E-state index is -0.101. The van der Waals surface area contributed by atoms with E-state index in [1.165, 1.54) is 5.56 Å². The number of fused-ring (bicyclic) bond motifs is 1. The SMILES string of the molecule is CCC(=O)N1CCc2cc(-c3ccc(C(=O)NCc4ccncc4)cc3)ccc21. The van der Waals surface area contributed by atoms with Crippen LogP contribution in [-0.2, 0) is 17.8 Å². The number of rotatable bonds is 5. The van der Waals surface area contributed by atoms with Gasteiger partial charge in [-0.05, 0) is 65.1 Å². The second kappa shape index (κ2) is 8.27. The maximum Gasteiger partial charge on any atom is 0.251 e. The van der Waals surface area contributed by atoms with Crippen molar-refractivity contribution in [2.24, 2.45) is 0 Å². The average molecular weight is 385 g/mol. The van der Waals surface area contributed by atoms with Crippen LogP contribution >= 0.6 is 0 Å². The Kier molecular flexibility index (Phi) is 5.38. The normalized spacial score (nSPS) is 12.5. The van der Waals surface area contributed by atoms with Gasteiger partial charge in [0.1, 0.15) is 0 Å². The molecule has 0 radical (unpaired) electrons. The summed E-state index contributed by atoms with van der Waals surface area (Å²) in [7, 11) is 0. The lowest BCUT2D eigenvalue weighted by Crippen LogP contribution is -2.27. The first-order valence-electron chi connectivity index (χ1n) is 9.86. The summed E-state index contributed by atoms with van der Waals surface area (Å²) in [5.41, 5.74) is 6.01. The third-order valence-corrected chi connectivity index (χ3v) is 5.26. The smallest absolute Gasteiger partial charge is 0.251 e. The number of nitrogens with zero attached hydrogens (tertiary/aromatic N) is 2. The van der Waals surface area contributed by atoms with Crippen LogP contribution in [0.15, 0.2) is 67.0 Å². The van der Waals surface area contributed by atoms with Crippen molar-refractivity contribution in [1.82, 2.24) is 10.3 Å². The van der Waals surface area contributed by atoms with E-state index in [-0.39, 0.29) is 11.8 Å². The minimum Gasteiger partial charge on any atom is -0.348 e. The summed E-state index contributed by atoms with van der Waals surface area (Å²) in [5, 5.41) is 2.93. The number of pyridine rings is 1. The molecule has 3 aromatic rings. The standard InChI is InChI=1S/C24H23N3O2/c1-2-23(28)27-14-11-21-15-20(7-8-22(21)27)18-3-5-19(6-4-18)24(29)26-16-17-9-12-25-13-10-17/h3-10,12-13,15H,2,11,14,16H2,1H3,(H,26,29). The van der Waals surface area contributed by atoms with Gasteiger partial charge >= 0.3 is 0 Å². The topological polar surface area (TPSA) is 62.3 Å². The fourth-order valence-electron chi connectivity index (χ4n) is 3.63. The summed E-state index contributed by atoms with van der Waals surface area (Å²) in [4.78, 5) is 30.3. The molecule has 5 heteroatoms. The maximum absolute atomic E-state index is 12.4. The lowest BCUT2D eigenvalue weighted by atomic mass is 10.0. The number of nitrogens with one attached hydrogen (secondary N) is 1. The van der Waals surface area contributed by atoms with Gasteiger partial charge in [-0.25, -0.2) is 0 Å². The lowest BCUT2D eigenvalue weighted by molar-refractivity contribution is -0.118. The molecule has 146 valence electrons. The summed E-state index contributed by atoms with van der Waals surface area (Å²) in [6.45, 7) is 3.12. The van der Waals surface area contributed by atoms with E-state index in [4.69, 9.17) is 0 Å². The molecule has 5 nitrogen and oxygen atoms in total. The second-order valence-corrected chi connectivity index (χ2v) is 7.11. The summed E-state index contributed by atoms with van der Waals surface area (Å²) in [6, 6.07) is 17.6. The van der Waals surface area contributed by atoms with E-state index in [0.29, 0.717) is 18.5 Å². The van der Waals surface area contributed by atoms with Crippen molar-refractivity contribution in [3.63, 3.8) is 0 Å². The predicted octanol–water partition coefficient (Wildman–Crippen LogP) is 3.98. The van der Waals surface area contributed by atoms with Gasteiger partial charge in [0.25, 0.3) is 5.91 Å². The third kappa shape index (κ3) is 4.04. The van der Waals surface area contributed by atoms with Gasteiger partial charge in [0.15, 0.2) is 0 Å². The van der Waals surface area contributed by atoms with Crippen LogP contribution in [0.3, 0.4) is 0 Å². The van der Waals surface area contributed by atoms with Crippen LogP contribution in [-0.4, -0.2) is 23.3 Å². The van der Waals surface area contributed by atoms with Crippen molar-refractivity contribution in [3.05, 3.63) is 83.7 Å². The van der Waals surface area contributed by atoms with E-state index in [1.807, 2.05) is 60.4 Å². The number of carbonyl (C=O) groups excluding carboxylic acids is 2. The highest BCUT2D eigenvalue weighted by atomic mass is 16.2. The van der Waals surface area contributed by atoms with E-state index in [2.05, 4.69) is 16.4 Å². The monoisotopic (exact) mass is 385 g/mol. The van der Waals surface area contributed by atoms with E-state index < -0.39 is 0 Å². The first-order valence-corrected chi connectivity index (χ1v) is 9.86. The Morgan fingerprint density at radius 2 is 1.72 bits per heavy atom. The molecular formula is C24H23N3O2. The molecule has 0 saturated heterocycles. The van der Waals surface area contributed by atoms with Crippen LogP contribution in [0.5, 0.6) is 0 Å². The molecule has 1 aliphatic heterocycles. The zero-order valence-electron chi connectivity index (χ0n) is 16.4. The predicted molar refractivity (Wildman–Crippen MR) is 114 cm³/mol. The largest absolute Gasteiger partial charge is 0.348 e. The van der Waals surface area contributed by atoms with Crippen LogP contribution in [0.25, 0.3) is 11.1 Å². The Labute approximate surface area is 170 Å². The number of carbonyl (C=O) groups is 2. The quantitative estimate of drug-likeness (QED) is 0.723. The number of aromatic nitrogens is 1. The van der Waals surface area contributed by atoms with Gasteiger partial charge in [-0.2, -0.15) is 0 Å². The first-order chi connectivity index (χ1) is 14.2. The van der Waals surface area contributed by atoms with Crippen LogP contribution in [0.2, 0.25) is 0 Å². The average Bonchev–Trinajstić information content (AvgIpc) is 3.21. The molecular weight excluding hydrogens is 362 g/mol. The summed E-state index contributed by atoms with van der Waals surface area (Å²) in [5.74, 6) is 0.0645. The van der Waals surface area contributed by atoms with Crippen LogP contribution < -0.4 is 10.2 Å². The number of hydrogen-bond acceptors (Lipinski definition) is 3. The highest BCUT2D eigenvalue weighted by molar-refractivity contribution is 5.96. The van der Waals surface area contributed by atoms with Crippen molar-refractivity contribution < 1.29 is 9.59 Å². The van der Waals surface area contributed by atoms with Crippen molar-refractivity contribution in [2.75, 3.05) is 11.4 Å². The third-order valence-electron chi connectivity index (χ3n) is 5.26. The fraction of sp³-hybridized carbons (Fsp3) is 0.208. The molecule has 0 unspecified atom stereocenters. The molecule has 0 spiro atoms. The zero-order valence-corrected chi connectivity index (χ0v) is 16.4. The highest BCUT2D eigenvalue weighted by Gasteiger charge is 2.23. The number of amides is 2. The molecule has 1 aliphatic rings. The molecule has 0 saturated carbocycles. The van der Waals surface area contributed by atoms with Crippen LogP contribution in [0, 0.1) is 0 Å². The molecule has 1 N–H and O–H groups in total. The zero-order chi connectivity index (χ0) is 20.2. The van der Waals surface area contributed by atoms with E-state index >= 15 is 0 Å². The molecule has 29 heavy (non-hydrogen) atoms. The van der Waals surface area contributed by atoms with Crippen LogP contribution in [0.4, 0.5) is 5.69 Å². The maximum atomic E-state index is 12.4. The number of anilines is 1. The summed E-state index contributed by atoms with van der Waals surface area (Å²) in [6.07, 6.45) is 4.82. The Morgan fingerprint density at radius 3 is 2.45 bits per heavy atom. The second-order valence-electron chi connectivity index (χ2n) is 7.11. The van der Waals surface area contributed by atoms with Gasteiger partial charge in [0.05, 0.1) is 0 Å². The summed E-state index contributed by atoms with van der Waals surface area (Å²) < 4.78 is 0. The molecule has 2 amide bonds. The molecule has 2 heterocycles. The molecule has 1 aromatic heterocycles. The van der Waals surface area contributed by atoms with Crippen molar-refractivity contribution in [3.8, 4) is 11.1 Å². The van der Waals surface area contributed by atoms with E-state index in [9.17, 15) is 9.59 Å². The number of hydrogen-bond donors (Lipinski definition) is 1. The van der Waals surface area contributed by atoms with Gasteiger partial charge < -0.3 is 10.2 Å². The van der Waals surface area contributed by atoms with E-state index in [1.54, 1.807) is 12.4 Å². The highest BCUT2D eigenvalue weighted by Crippen LogP contribution is 2.32. The van der Waals surface area contributed by atoms with Gasteiger partial charge in [0, 0.05) is 43.2 Å². The van der Waals surface area contributed by atoms with Crippen molar-refractivity contribution in [2.45, 2.75) is 26.3 Å². The lowest BCUT2D eigenvalue weighted by Gasteiger charge is -2.16. The Morgan fingerprint density at radius 1 is 1.00 bits per heavy atom. The molecule has 2 aromatic carbocycles. The Hall–Kier alpha value is -3.47. The van der Waals surface area contributed by atoms with Crippen molar-refractivity contribution in [1.29, 1.82) is 0 Å². The minimum absolute atomic E-state index is 0.101. The van der Waals surface area contributed by atoms with Gasteiger partial charge in [-0.15, -0.1) is 0 Å². The van der Waals surface area contributed by atoms with Gasteiger partial charge in [0.2, 0.25) is 5.91 Å². The van der Waals surface area contributed by atoms with E-state index in [0.717, 1.165) is 35.3 Å². The molecule has 0 aliphatic carbocycles. The molecule has 0 bridgehead atoms. The fourth-order valence-corrected chi connectivity index (χ4v) is 3.63. The molecule has 0 atom stereocenters. The first kappa shape index (κ1) is 18.9. The van der Waals surface area contributed by atoms with Gasteiger partial charge in [-0.1, -0.05) is 25.1 Å². The Bertz CT molecular complexity index is 1030.